The molecule has 1 aromatic heterocycles. The monoisotopic (exact) mass is 400 g/mol. The zero-order chi connectivity index (χ0) is 19.0. The van der Waals surface area contributed by atoms with Crippen LogP contribution in [0.2, 0.25) is 10.0 Å². The van der Waals surface area contributed by atoms with Gasteiger partial charge in [-0.05, 0) is 48.0 Å². The second-order valence-corrected chi connectivity index (χ2v) is 6.47. The molecule has 0 radical (unpaired) electrons. The molecule has 1 aliphatic rings. The number of fused-ring (bicyclic) bond motifs is 1. The SMILES string of the molecule is O=C(Oc1ccc2c(c1)OC(=Cc1ccc(Cl)cc1Cl)C2=O)c1ccco1. The molecule has 2 heterocycles. The fourth-order valence-corrected chi connectivity index (χ4v) is 3.01. The van der Waals surface area contributed by atoms with Crippen molar-refractivity contribution in [3.63, 3.8) is 0 Å². The zero-order valence-corrected chi connectivity index (χ0v) is 15.1. The van der Waals surface area contributed by atoms with E-state index in [-0.39, 0.29) is 23.1 Å². The number of allylic oxidation sites excluding steroid dienone is 1. The Balaban J connectivity index is 1.58. The van der Waals surface area contributed by atoms with Gasteiger partial charge in [0.05, 0.1) is 11.8 Å². The number of ketones is 1. The number of benzene rings is 2. The Hall–Kier alpha value is -3.02. The van der Waals surface area contributed by atoms with Gasteiger partial charge in [0.2, 0.25) is 11.5 Å². The van der Waals surface area contributed by atoms with E-state index in [2.05, 4.69) is 0 Å². The van der Waals surface area contributed by atoms with E-state index in [1.54, 1.807) is 24.3 Å². The van der Waals surface area contributed by atoms with Crippen LogP contribution in [0.5, 0.6) is 11.5 Å². The van der Waals surface area contributed by atoms with Crippen LogP contribution < -0.4 is 9.47 Å². The second kappa shape index (κ2) is 6.95. The first-order valence-corrected chi connectivity index (χ1v) is 8.56. The smallest absolute Gasteiger partial charge is 0.379 e. The van der Waals surface area contributed by atoms with Gasteiger partial charge in [0, 0.05) is 16.1 Å². The molecule has 27 heavy (non-hydrogen) atoms. The first-order valence-electron chi connectivity index (χ1n) is 7.80. The van der Waals surface area contributed by atoms with Gasteiger partial charge in [0.25, 0.3) is 0 Å². The van der Waals surface area contributed by atoms with Crippen LogP contribution in [0.25, 0.3) is 6.08 Å². The number of carbonyl (C=O) groups excluding carboxylic acids is 2. The lowest BCUT2D eigenvalue weighted by Crippen LogP contribution is -2.07. The van der Waals surface area contributed by atoms with Crippen LogP contribution in [-0.4, -0.2) is 11.8 Å². The van der Waals surface area contributed by atoms with Crippen molar-refractivity contribution in [2.24, 2.45) is 0 Å². The summed E-state index contributed by atoms with van der Waals surface area (Å²) in [5.74, 6) is -0.225. The minimum Gasteiger partial charge on any atom is -0.457 e. The van der Waals surface area contributed by atoms with E-state index in [4.69, 9.17) is 37.1 Å². The molecule has 0 amide bonds. The summed E-state index contributed by atoms with van der Waals surface area (Å²) < 4.78 is 15.8. The normalized spacial score (nSPS) is 14.1. The molecule has 0 saturated carbocycles. The van der Waals surface area contributed by atoms with Gasteiger partial charge >= 0.3 is 5.97 Å². The summed E-state index contributed by atoms with van der Waals surface area (Å²) in [5, 5.41) is 0.891. The van der Waals surface area contributed by atoms with E-state index >= 15 is 0 Å². The Kier molecular flexibility index (Phi) is 4.48. The minimum absolute atomic E-state index is 0.0745. The number of furan rings is 1. The summed E-state index contributed by atoms with van der Waals surface area (Å²) in [6.07, 6.45) is 2.91. The van der Waals surface area contributed by atoms with Crippen LogP contribution in [0.15, 0.2) is 65.0 Å². The molecule has 0 unspecified atom stereocenters. The Morgan fingerprint density at radius 1 is 1.07 bits per heavy atom. The number of halogens is 2. The first-order chi connectivity index (χ1) is 13.0. The van der Waals surface area contributed by atoms with Crippen molar-refractivity contribution < 1.29 is 23.5 Å². The fraction of sp³-hybridized carbons (Fsp3) is 0. The third kappa shape index (κ3) is 3.47. The largest absolute Gasteiger partial charge is 0.457 e. The summed E-state index contributed by atoms with van der Waals surface area (Å²) in [7, 11) is 0. The lowest BCUT2D eigenvalue weighted by Gasteiger charge is -2.04. The summed E-state index contributed by atoms with van der Waals surface area (Å²) >= 11 is 12.0. The van der Waals surface area contributed by atoms with Crippen molar-refractivity contribution >= 4 is 41.0 Å². The Morgan fingerprint density at radius 2 is 1.93 bits per heavy atom. The van der Waals surface area contributed by atoms with Gasteiger partial charge in [-0.25, -0.2) is 4.79 Å². The van der Waals surface area contributed by atoms with Crippen LogP contribution >= 0.6 is 23.2 Å². The highest BCUT2D eigenvalue weighted by Crippen LogP contribution is 2.36. The molecule has 0 N–H and O–H groups in total. The molecular weight excluding hydrogens is 391 g/mol. The maximum absolute atomic E-state index is 12.5. The van der Waals surface area contributed by atoms with Crippen LogP contribution in [0.3, 0.4) is 0 Å². The van der Waals surface area contributed by atoms with E-state index in [0.717, 1.165) is 0 Å². The van der Waals surface area contributed by atoms with Crippen LogP contribution in [0.1, 0.15) is 26.5 Å². The average Bonchev–Trinajstić information content (AvgIpc) is 3.26. The highest BCUT2D eigenvalue weighted by atomic mass is 35.5. The van der Waals surface area contributed by atoms with E-state index in [9.17, 15) is 9.59 Å². The quantitative estimate of drug-likeness (QED) is 0.333. The van der Waals surface area contributed by atoms with Gasteiger partial charge in [-0.2, -0.15) is 0 Å². The zero-order valence-electron chi connectivity index (χ0n) is 13.6. The number of carbonyl (C=O) groups is 2. The second-order valence-electron chi connectivity index (χ2n) is 5.63. The lowest BCUT2D eigenvalue weighted by atomic mass is 10.1. The molecule has 2 aromatic carbocycles. The number of rotatable bonds is 3. The Bertz CT molecular complexity index is 1080. The number of hydrogen-bond donors (Lipinski definition) is 0. The molecule has 0 bridgehead atoms. The fourth-order valence-electron chi connectivity index (χ4n) is 2.54. The van der Waals surface area contributed by atoms with Crippen LogP contribution in [-0.2, 0) is 0 Å². The van der Waals surface area contributed by atoms with Gasteiger partial charge in [-0.1, -0.05) is 29.3 Å². The molecule has 0 spiro atoms. The Morgan fingerprint density at radius 3 is 2.67 bits per heavy atom. The molecule has 0 atom stereocenters. The lowest BCUT2D eigenvalue weighted by molar-refractivity contribution is 0.0701. The van der Waals surface area contributed by atoms with Crippen LogP contribution in [0, 0.1) is 0 Å². The van der Waals surface area contributed by atoms with E-state index in [1.807, 2.05) is 0 Å². The molecule has 134 valence electrons. The van der Waals surface area contributed by atoms with Crippen molar-refractivity contribution in [1.82, 2.24) is 0 Å². The van der Waals surface area contributed by atoms with Crippen molar-refractivity contribution in [3.05, 3.63) is 87.5 Å². The third-order valence-electron chi connectivity index (χ3n) is 3.82. The molecule has 5 nitrogen and oxygen atoms in total. The molecule has 0 aliphatic carbocycles. The summed E-state index contributed by atoms with van der Waals surface area (Å²) in [4.78, 5) is 24.5. The van der Waals surface area contributed by atoms with Gasteiger partial charge < -0.3 is 13.9 Å². The molecule has 0 fully saturated rings. The topological polar surface area (TPSA) is 65.7 Å². The summed E-state index contributed by atoms with van der Waals surface area (Å²) in [6.45, 7) is 0. The van der Waals surface area contributed by atoms with Gasteiger partial charge in [0.15, 0.2) is 5.76 Å². The van der Waals surface area contributed by atoms with Crippen molar-refractivity contribution in [3.8, 4) is 11.5 Å². The van der Waals surface area contributed by atoms with E-state index in [0.29, 0.717) is 26.9 Å². The van der Waals surface area contributed by atoms with Crippen molar-refractivity contribution in [1.29, 1.82) is 0 Å². The van der Waals surface area contributed by atoms with Crippen molar-refractivity contribution in [2.45, 2.75) is 0 Å². The molecule has 0 saturated heterocycles. The van der Waals surface area contributed by atoms with Gasteiger partial charge in [-0.15, -0.1) is 0 Å². The number of esters is 1. The molecule has 1 aliphatic heterocycles. The first kappa shape index (κ1) is 17.4. The minimum atomic E-state index is -0.645. The predicted octanol–water partition coefficient (Wildman–Crippen LogP) is 5.42. The average molecular weight is 401 g/mol. The molecule has 7 heteroatoms. The van der Waals surface area contributed by atoms with Crippen molar-refractivity contribution in [2.75, 3.05) is 0 Å². The van der Waals surface area contributed by atoms with E-state index in [1.165, 1.54) is 36.6 Å². The maximum Gasteiger partial charge on any atom is 0.379 e. The van der Waals surface area contributed by atoms with Crippen LogP contribution in [0.4, 0.5) is 0 Å². The van der Waals surface area contributed by atoms with Gasteiger partial charge in [0.1, 0.15) is 11.5 Å². The highest BCUT2D eigenvalue weighted by Gasteiger charge is 2.28. The Labute approximate surface area is 163 Å². The third-order valence-corrected chi connectivity index (χ3v) is 4.39. The number of Topliss-reactive ketones (excluding diaryl/α,β-unsaturated/α-hetero) is 1. The standard InChI is InChI=1S/C20H10Cl2O5/c21-12-4-3-11(15(22)9-12)8-18-19(23)14-6-5-13(10-17(14)27-18)26-20(24)16-2-1-7-25-16/h1-10H. The molecule has 4 rings (SSSR count). The maximum atomic E-state index is 12.5. The highest BCUT2D eigenvalue weighted by molar-refractivity contribution is 6.35. The molecule has 3 aromatic rings. The van der Waals surface area contributed by atoms with E-state index < -0.39 is 5.97 Å². The summed E-state index contributed by atoms with van der Waals surface area (Å²) in [6, 6.07) is 12.5. The number of hydrogen-bond acceptors (Lipinski definition) is 5. The number of ether oxygens (including phenoxy) is 2. The predicted molar refractivity (Wildman–Crippen MR) is 99.5 cm³/mol. The molecular formula is C20H10Cl2O5. The summed E-state index contributed by atoms with van der Waals surface area (Å²) in [5.41, 5.74) is 0.964. The van der Waals surface area contributed by atoms with Gasteiger partial charge in [-0.3, -0.25) is 4.79 Å².